The van der Waals surface area contributed by atoms with Gasteiger partial charge in [0.1, 0.15) is 51.1 Å². The molecular formula is C27H32O8. The maximum Gasteiger partial charge on any atom is 0.508 e. The normalized spacial score (nSPS) is 10.2. The molecule has 0 N–H and O–H groups in total. The zero-order chi connectivity index (χ0) is 25.3. The number of rotatable bonds is 15. The average molecular weight is 485 g/mol. The molecule has 0 atom stereocenters. The second-order valence-electron chi connectivity index (χ2n) is 7.19. The molecule has 0 saturated heterocycles. The molecule has 0 bridgehead atoms. The molecule has 188 valence electrons. The first kappa shape index (κ1) is 27.3. The lowest BCUT2D eigenvalue weighted by atomic mass is 9.89. The van der Waals surface area contributed by atoms with Gasteiger partial charge in [0.15, 0.2) is 0 Å². The van der Waals surface area contributed by atoms with Crippen LogP contribution in [0.3, 0.4) is 0 Å². The van der Waals surface area contributed by atoms with Crippen LogP contribution in [0.5, 0.6) is 11.5 Å². The zero-order valence-corrected chi connectivity index (χ0v) is 20.0. The molecule has 0 unspecified atom stereocenters. The first-order valence-corrected chi connectivity index (χ1v) is 11.3. The van der Waals surface area contributed by atoms with E-state index in [1.165, 1.54) is 12.2 Å². The van der Waals surface area contributed by atoms with Gasteiger partial charge < -0.3 is 28.4 Å². The number of carbonyl (C=O) groups is 2. The molecule has 0 aliphatic carbocycles. The van der Waals surface area contributed by atoms with Gasteiger partial charge in [-0.1, -0.05) is 56.5 Å². The first-order valence-electron chi connectivity index (χ1n) is 11.3. The van der Waals surface area contributed by atoms with Crippen molar-refractivity contribution in [2.24, 2.45) is 0 Å². The molecule has 0 fully saturated rings. The third-order valence-corrected chi connectivity index (χ3v) is 4.76. The van der Waals surface area contributed by atoms with Crippen LogP contribution in [0.25, 0.3) is 0 Å². The number of benzene rings is 2. The Morgan fingerprint density at radius 1 is 0.686 bits per heavy atom. The van der Waals surface area contributed by atoms with E-state index in [4.69, 9.17) is 28.4 Å². The fourth-order valence-electron chi connectivity index (χ4n) is 3.16. The zero-order valence-electron chi connectivity index (χ0n) is 20.0. The topological polar surface area (TPSA) is 89.5 Å². The molecule has 0 heterocycles. The van der Waals surface area contributed by atoms with Crippen molar-refractivity contribution >= 4 is 12.3 Å². The molecule has 0 aliphatic heterocycles. The lowest BCUT2D eigenvalue weighted by molar-refractivity contribution is 0.0525. The molecule has 0 spiro atoms. The average Bonchev–Trinajstić information content (AvgIpc) is 2.88. The smallest absolute Gasteiger partial charge is 0.490 e. The summed E-state index contributed by atoms with van der Waals surface area (Å²) in [6.07, 6.45) is 2.36. The molecule has 0 amide bonds. The van der Waals surface area contributed by atoms with Gasteiger partial charge in [0, 0.05) is 5.92 Å². The van der Waals surface area contributed by atoms with Gasteiger partial charge >= 0.3 is 12.3 Å². The summed E-state index contributed by atoms with van der Waals surface area (Å²) >= 11 is 0. The molecule has 2 rings (SSSR count). The number of ether oxygens (including phenoxy) is 6. The highest BCUT2D eigenvalue weighted by molar-refractivity contribution is 5.60. The molecular weight excluding hydrogens is 452 g/mol. The minimum Gasteiger partial charge on any atom is -0.490 e. The summed E-state index contributed by atoms with van der Waals surface area (Å²) in [6, 6.07) is 15.7. The molecule has 8 heteroatoms. The van der Waals surface area contributed by atoms with Crippen LogP contribution in [0.15, 0.2) is 73.8 Å². The summed E-state index contributed by atoms with van der Waals surface area (Å²) in [5.74, 6) is 1.58. The van der Waals surface area contributed by atoms with Crippen LogP contribution < -0.4 is 9.47 Å². The van der Waals surface area contributed by atoms with Gasteiger partial charge in [-0.05, 0) is 41.8 Å². The maximum absolute atomic E-state index is 11.3. The Balaban J connectivity index is 1.79. The van der Waals surface area contributed by atoms with Crippen LogP contribution in [-0.2, 0) is 18.9 Å². The highest BCUT2D eigenvalue weighted by Crippen LogP contribution is 2.30. The highest BCUT2D eigenvalue weighted by Gasteiger charge is 2.13. The minimum absolute atomic E-state index is 0.0925. The Bertz CT molecular complexity index is 846. The van der Waals surface area contributed by atoms with Gasteiger partial charge in [-0.25, -0.2) is 9.59 Å². The number of hydrogen-bond acceptors (Lipinski definition) is 8. The Morgan fingerprint density at radius 3 is 1.43 bits per heavy atom. The van der Waals surface area contributed by atoms with Crippen molar-refractivity contribution < 1.29 is 38.0 Å². The summed E-state index contributed by atoms with van der Waals surface area (Å²) in [5, 5.41) is 0. The van der Waals surface area contributed by atoms with E-state index in [2.05, 4.69) is 20.1 Å². The Kier molecular flexibility index (Phi) is 12.3. The van der Waals surface area contributed by atoms with Crippen LogP contribution in [0.1, 0.15) is 30.4 Å². The summed E-state index contributed by atoms with van der Waals surface area (Å²) in [7, 11) is 0. The Labute approximate surface area is 206 Å². The molecule has 0 saturated carbocycles. The summed E-state index contributed by atoms with van der Waals surface area (Å²) in [4.78, 5) is 22.5. The van der Waals surface area contributed by atoms with Gasteiger partial charge in [-0.2, -0.15) is 0 Å². The SMILES string of the molecule is C=CCOC(=O)OCCOc1ccc(C(CC)c2ccc(OCCOC(=O)OCC=C)cc2)cc1. The second kappa shape index (κ2) is 15.8. The van der Waals surface area contributed by atoms with E-state index < -0.39 is 12.3 Å². The van der Waals surface area contributed by atoms with Gasteiger partial charge in [-0.3, -0.25) is 0 Å². The number of hydrogen-bond donors (Lipinski definition) is 0. The van der Waals surface area contributed by atoms with Gasteiger partial charge in [0.25, 0.3) is 0 Å². The van der Waals surface area contributed by atoms with E-state index in [1.807, 2.05) is 48.5 Å². The Hall–Kier alpha value is -3.94. The molecule has 2 aromatic rings. The summed E-state index contributed by atoms with van der Waals surface area (Å²) in [5.41, 5.74) is 2.31. The largest absolute Gasteiger partial charge is 0.508 e. The van der Waals surface area contributed by atoms with E-state index >= 15 is 0 Å². The fraction of sp³-hybridized carbons (Fsp3) is 0.333. The van der Waals surface area contributed by atoms with Crippen LogP contribution in [-0.4, -0.2) is 52.0 Å². The lowest BCUT2D eigenvalue weighted by Crippen LogP contribution is -2.13. The van der Waals surface area contributed by atoms with Crippen molar-refractivity contribution in [3.63, 3.8) is 0 Å². The van der Waals surface area contributed by atoms with Gasteiger partial charge in [-0.15, -0.1) is 0 Å². The van der Waals surface area contributed by atoms with E-state index in [0.29, 0.717) is 11.5 Å². The third-order valence-electron chi connectivity index (χ3n) is 4.76. The minimum atomic E-state index is -0.747. The van der Waals surface area contributed by atoms with E-state index in [9.17, 15) is 9.59 Å². The fourth-order valence-corrected chi connectivity index (χ4v) is 3.16. The van der Waals surface area contributed by atoms with Gasteiger partial charge in [0.05, 0.1) is 0 Å². The highest BCUT2D eigenvalue weighted by atomic mass is 16.7. The first-order chi connectivity index (χ1) is 17.1. The van der Waals surface area contributed by atoms with Crippen molar-refractivity contribution in [1.29, 1.82) is 0 Å². The lowest BCUT2D eigenvalue weighted by Gasteiger charge is -2.17. The predicted molar refractivity (Wildman–Crippen MR) is 131 cm³/mol. The molecule has 35 heavy (non-hydrogen) atoms. The molecule has 0 aliphatic rings. The molecule has 0 aromatic heterocycles. The Morgan fingerprint density at radius 2 is 1.09 bits per heavy atom. The van der Waals surface area contributed by atoms with Crippen molar-refractivity contribution in [2.45, 2.75) is 19.3 Å². The van der Waals surface area contributed by atoms with Crippen molar-refractivity contribution in [3.8, 4) is 11.5 Å². The standard InChI is InChI=1S/C27H32O8/c1-4-15-32-26(28)34-19-17-30-23-11-7-21(8-12-23)25(6-3)22-9-13-24(14-10-22)31-18-20-35-27(29)33-16-5-2/h4-5,7-14,25H,1-2,6,15-20H2,3H3. The van der Waals surface area contributed by atoms with E-state index in [0.717, 1.165) is 17.5 Å². The summed E-state index contributed by atoms with van der Waals surface area (Å²) in [6.45, 7) is 9.91. The number of carbonyl (C=O) groups excluding carboxylic acids is 2. The van der Waals surface area contributed by atoms with Crippen LogP contribution in [0.4, 0.5) is 9.59 Å². The van der Waals surface area contributed by atoms with Gasteiger partial charge in [0.2, 0.25) is 0 Å². The van der Waals surface area contributed by atoms with Crippen molar-refractivity contribution in [3.05, 3.63) is 85.0 Å². The summed E-state index contributed by atoms with van der Waals surface area (Å²) < 4.78 is 30.5. The van der Waals surface area contributed by atoms with E-state index in [-0.39, 0.29) is 45.6 Å². The van der Waals surface area contributed by atoms with E-state index in [1.54, 1.807) is 0 Å². The third kappa shape index (κ3) is 10.2. The second-order valence-corrected chi connectivity index (χ2v) is 7.19. The van der Waals surface area contributed by atoms with Crippen LogP contribution in [0.2, 0.25) is 0 Å². The monoisotopic (exact) mass is 484 g/mol. The predicted octanol–water partition coefficient (Wildman–Crippen LogP) is 5.66. The quantitative estimate of drug-likeness (QED) is 0.182. The molecule has 0 radical (unpaired) electrons. The maximum atomic E-state index is 11.3. The van der Waals surface area contributed by atoms with Crippen molar-refractivity contribution in [2.75, 3.05) is 39.6 Å². The van der Waals surface area contributed by atoms with Crippen LogP contribution >= 0.6 is 0 Å². The molecule has 8 nitrogen and oxygen atoms in total. The molecule has 2 aromatic carbocycles. The van der Waals surface area contributed by atoms with Crippen molar-refractivity contribution in [1.82, 2.24) is 0 Å². The van der Waals surface area contributed by atoms with Crippen LogP contribution in [0, 0.1) is 0 Å².